The van der Waals surface area contributed by atoms with Crippen LogP contribution in [-0.2, 0) is 14.3 Å². The molecule has 0 saturated carbocycles. The maximum atomic E-state index is 12.6. The van der Waals surface area contributed by atoms with Crippen LogP contribution in [-0.4, -0.2) is 55.4 Å². The van der Waals surface area contributed by atoms with Crippen LogP contribution in [0.25, 0.3) is 0 Å². The largest absolute Gasteiger partial charge is 0.377 e. The number of nitrogens with two attached hydrogens (primary N) is 1. The predicted octanol–water partition coefficient (Wildman–Crippen LogP) is 0.376. The van der Waals surface area contributed by atoms with Gasteiger partial charge in [-0.1, -0.05) is 6.92 Å². The maximum absolute atomic E-state index is 12.6. The normalized spacial score (nSPS) is 36.9. The molecule has 0 spiro atoms. The third-order valence-corrected chi connectivity index (χ3v) is 3.98. The van der Waals surface area contributed by atoms with Gasteiger partial charge in [-0.05, 0) is 19.8 Å². The molecule has 2 fully saturated rings. The molecule has 0 bridgehead atoms. The highest BCUT2D eigenvalue weighted by Gasteiger charge is 2.39. The van der Waals surface area contributed by atoms with Crippen molar-refractivity contribution >= 4 is 5.91 Å². The van der Waals surface area contributed by atoms with Crippen molar-refractivity contribution in [3.05, 3.63) is 0 Å². The molecule has 2 rings (SSSR count). The number of carbonyl (C=O) groups is 1. The summed E-state index contributed by atoms with van der Waals surface area (Å²) >= 11 is 0. The van der Waals surface area contributed by atoms with E-state index in [1.165, 1.54) is 0 Å². The molecule has 4 atom stereocenters. The van der Waals surface area contributed by atoms with Crippen LogP contribution in [0.4, 0.5) is 0 Å². The van der Waals surface area contributed by atoms with Gasteiger partial charge in [0.25, 0.3) is 0 Å². The zero-order valence-electron chi connectivity index (χ0n) is 11.3. The van der Waals surface area contributed by atoms with Crippen LogP contribution in [0.15, 0.2) is 0 Å². The zero-order chi connectivity index (χ0) is 13.1. The Hall–Kier alpha value is -0.650. The second kappa shape index (κ2) is 5.99. The predicted molar refractivity (Wildman–Crippen MR) is 68.1 cm³/mol. The molecule has 4 unspecified atom stereocenters. The van der Waals surface area contributed by atoms with Crippen molar-refractivity contribution < 1.29 is 14.3 Å². The third-order valence-electron chi connectivity index (χ3n) is 3.98. The van der Waals surface area contributed by atoms with Crippen molar-refractivity contribution in [3.63, 3.8) is 0 Å². The summed E-state index contributed by atoms with van der Waals surface area (Å²) in [6, 6.07) is 0.137. The van der Waals surface area contributed by atoms with Crippen LogP contribution in [0.3, 0.4) is 0 Å². The SMILES string of the molecule is CCC1OCCC1C(=O)N1CC(CN)OCC1C. The molecule has 2 aliphatic rings. The Balaban J connectivity index is 2.02. The Labute approximate surface area is 109 Å². The fourth-order valence-electron chi connectivity index (χ4n) is 2.81. The van der Waals surface area contributed by atoms with Crippen LogP contribution in [0.1, 0.15) is 26.7 Å². The number of hydrogen-bond donors (Lipinski definition) is 1. The molecule has 2 N–H and O–H groups in total. The molecule has 0 aromatic rings. The lowest BCUT2D eigenvalue weighted by atomic mass is 9.96. The molecule has 0 radical (unpaired) electrons. The van der Waals surface area contributed by atoms with Gasteiger partial charge in [0.1, 0.15) is 0 Å². The quantitative estimate of drug-likeness (QED) is 0.792. The van der Waals surface area contributed by atoms with Gasteiger partial charge < -0.3 is 20.1 Å². The summed E-state index contributed by atoms with van der Waals surface area (Å²) < 4.78 is 11.2. The molecule has 2 heterocycles. The Kier molecular flexibility index (Phi) is 4.59. The van der Waals surface area contributed by atoms with Crippen molar-refractivity contribution in [2.75, 3.05) is 26.3 Å². The van der Waals surface area contributed by atoms with Gasteiger partial charge in [-0.15, -0.1) is 0 Å². The van der Waals surface area contributed by atoms with Gasteiger partial charge in [0.2, 0.25) is 5.91 Å². The Morgan fingerprint density at radius 2 is 2.22 bits per heavy atom. The molecule has 1 amide bonds. The first-order chi connectivity index (χ1) is 8.67. The number of morpholine rings is 1. The summed E-state index contributed by atoms with van der Waals surface area (Å²) in [5.41, 5.74) is 5.63. The van der Waals surface area contributed by atoms with Gasteiger partial charge in [0, 0.05) is 19.7 Å². The monoisotopic (exact) mass is 256 g/mol. The Morgan fingerprint density at radius 1 is 1.44 bits per heavy atom. The molecule has 5 heteroatoms. The molecule has 0 aliphatic carbocycles. The second-order valence-corrected chi connectivity index (χ2v) is 5.24. The minimum absolute atomic E-state index is 0.0208. The fraction of sp³-hybridized carbons (Fsp3) is 0.923. The van der Waals surface area contributed by atoms with Crippen LogP contribution >= 0.6 is 0 Å². The fourth-order valence-corrected chi connectivity index (χ4v) is 2.81. The molecule has 18 heavy (non-hydrogen) atoms. The number of amides is 1. The number of carbonyl (C=O) groups excluding carboxylic acids is 1. The second-order valence-electron chi connectivity index (χ2n) is 5.24. The lowest BCUT2D eigenvalue weighted by Crippen LogP contribution is -2.55. The van der Waals surface area contributed by atoms with Gasteiger partial charge in [-0.25, -0.2) is 0 Å². The standard InChI is InChI=1S/C13H24N2O3/c1-3-12-11(4-5-17-12)13(16)15-7-10(6-14)18-8-9(15)2/h9-12H,3-8,14H2,1-2H3. The van der Waals surface area contributed by atoms with Crippen molar-refractivity contribution in [3.8, 4) is 0 Å². The van der Waals surface area contributed by atoms with E-state index in [0.717, 1.165) is 12.8 Å². The highest BCUT2D eigenvalue weighted by atomic mass is 16.5. The lowest BCUT2D eigenvalue weighted by molar-refractivity contribution is -0.149. The van der Waals surface area contributed by atoms with Crippen molar-refractivity contribution in [1.29, 1.82) is 0 Å². The van der Waals surface area contributed by atoms with E-state index in [1.54, 1.807) is 0 Å². The number of hydrogen-bond acceptors (Lipinski definition) is 4. The van der Waals surface area contributed by atoms with Gasteiger partial charge in [0.15, 0.2) is 0 Å². The van der Waals surface area contributed by atoms with Crippen molar-refractivity contribution in [2.24, 2.45) is 11.7 Å². The van der Waals surface area contributed by atoms with E-state index in [1.807, 2.05) is 11.8 Å². The van der Waals surface area contributed by atoms with Gasteiger partial charge >= 0.3 is 0 Å². The molecule has 2 aliphatic heterocycles. The molecular formula is C13H24N2O3. The van der Waals surface area contributed by atoms with Crippen molar-refractivity contribution in [2.45, 2.75) is 44.9 Å². The summed E-state index contributed by atoms with van der Waals surface area (Å²) in [5, 5.41) is 0. The number of rotatable bonds is 3. The first-order valence-electron chi connectivity index (χ1n) is 6.91. The van der Waals surface area contributed by atoms with E-state index in [9.17, 15) is 4.79 Å². The van der Waals surface area contributed by atoms with E-state index in [4.69, 9.17) is 15.2 Å². The highest BCUT2D eigenvalue weighted by molar-refractivity contribution is 5.80. The molecule has 0 aromatic heterocycles. The zero-order valence-corrected chi connectivity index (χ0v) is 11.3. The van der Waals surface area contributed by atoms with Gasteiger partial charge in [-0.2, -0.15) is 0 Å². The molecule has 5 nitrogen and oxygen atoms in total. The Morgan fingerprint density at radius 3 is 2.89 bits per heavy atom. The molecule has 0 aromatic carbocycles. The molecule has 104 valence electrons. The summed E-state index contributed by atoms with van der Waals surface area (Å²) in [7, 11) is 0. The van der Waals surface area contributed by atoms with E-state index >= 15 is 0 Å². The smallest absolute Gasteiger partial charge is 0.228 e. The summed E-state index contributed by atoms with van der Waals surface area (Å²) in [6.45, 7) is 6.47. The topological polar surface area (TPSA) is 64.8 Å². The van der Waals surface area contributed by atoms with Gasteiger partial charge in [-0.3, -0.25) is 4.79 Å². The maximum Gasteiger partial charge on any atom is 0.228 e. The minimum Gasteiger partial charge on any atom is -0.377 e. The van der Waals surface area contributed by atoms with E-state index in [2.05, 4.69) is 6.92 Å². The van der Waals surface area contributed by atoms with Crippen LogP contribution in [0.5, 0.6) is 0 Å². The van der Waals surface area contributed by atoms with E-state index < -0.39 is 0 Å². The van der Waals surface area contributed by atoms with E-state index in [0.29, 0.717) is 26.3 Å². The number of nitrogens with zero attached hydrogens (tertiary/aromatic N) is 1. The van der Waals surface area contributed by atoms with Crippen molar-refractivity contribution in [1.82, 2.24) is 4.90 Å². The average molecular weight is 256 g/mol. The first-order valence-corrected chi connectivity index (χ1v) is 6.91. The van der Waals surface area contributed by atoms with E-state index in [-0.39, 0.29) is 30.1 Å². The van der Waals surface area contributed by atoms with Crippen LogP contribution < -0.4 is 5.73 Å². The van der Waals surface area contributed by atoms with Crippen LogP contribution in [0.2, 0.25) is 0 Å². The number of ether oxygens (including phenoxy) is 2. The molecule has 2 saturated heterocycles. The highest BCUT2D eigenvalue weighted by Crippen LogP contribution is 2.27. The first kappa shape index (κ1) is 13.8. The minimum atomic E-state index is -0.0208. The summed E-state index contributed by atoms with van der Waals surface area (Å²) in [5.74, 6) is 0.238. The summed E-state index contributed by atoms with van der Waals surface area (Å²) in [4.78, 5) is 14.5. The Bertz CT molecular complexity index is 298. The molecular weight excluding hydrogens is 232 g/mol. The lowest BCUT2D eigenvalue weighted by Gasteiger charge is -2.39. The third kappa shape index (κ3) is 2.68. The summed E-state index contributed by atoms with van der Waals surface area (Å²) in [6.07, 6.45) is 1.81. The van der Waals surface area contributed by atoms with Gasteiger partial charge in [0.05, 0.1) is 30.8 Å². The van der Waals surface area contributed by atoms with Crippen LogP contribution in [0, 0.1) is 5.92 Å². The average Bonchev–Trinajstić information content (AvgIpc) is 2.86.